The molecule has 0 fully saturated rings. The Morgan fingerprint density at radius 1 is 1.09 bits per heavy atom. The van der Waals surface area contributed by atoms with Crippen LogP contribution in [0.25, 0.3) is 0 Å². The molecule has 0 bridgehead atoms. The molecule has 0 amide bonds. The summed E-state index contributed by atoms with van der Waals surface area (Å²) in [5.41, 5.74) is 0. The highest BCUT2D eigenvalue weighted by Gasteiger charge is 2.31. The Hall–Kier alpha value is 0.0969. The van der Waals surface area contributed by atoms with Crippen LogP contribution >= 0.6 is 0 Å². The third-order valence-electron chi connectivity index (χ3n) is 1.38. The summed E-state index contributed by atoms with van der Waals surface area (Å²) in [6.07, 6.45) is 1.03. The predicted molar refractivity (Wildman–Crippen MR) is 48.3 cm³/mol. The lowest BCUT2D eigenvalue weighted by molar-refractivity contribution is 0.183. The van der Waals surface area contributed by atoms with E-state index >= 15 is 0 Å². The van der Waals surface area contributed by atoms with E-state index in [9.17, 15) is 0 Å². The summed E-state index contributed by atoms with van der Waals surface area (Å²) < 4.78 is 10.8. The first kappa shape index (κ1) is 11.1. The Morgan fingerprint density at radius 3 is 1.82 bits per heavy atom. The first-order chi connectivity index (χ1) is 5.18. The molecule has 0 unspecified atom stereocenters. The number of hydrogen-bond acceptors (Lipinski definition) is 3. The molecule has 0 radical (unpaired) electrons. The minimum Gasteiger partial charge on any atom is -0.383 e. The van der Waals surface area contributed by atoms with Crippen LogP contribution in [0.15, 0.2) is 0 Å². The van der Waals surface area contributed by atoms with Crippen molar-refractivity contribution < 1.29 is 8.85 Å². The van der Waals surface area contributed by atoms with E-state index in [2.05, 4.69) is 6.92 Å². The van der Waals surface area contributed by atoms with Crippen LogP contribution in [0, 0.1) is 0 Å². The van der Waals surface area contributed by atoms with E-state index in [1.165, 1.54) is 0 Å². The lowest BCUT2D eigenvalue weighted by Gasteiger charge is -2.23. The Labute approximate surface area is 70.2 Å². The summed E-state index contributed by atoms with van der Waals surface area (Å²) >= 11 is 0. The van der Waals surface area contributed by atoms with Crippen molar-refractivity contribution in [1.29, 1.82) is 0 Å². The highest BCUT2D eigenvalue weighted by atomic mass is 28.4. The van der Waals surface area contributed by atoms with Gasteiger partial charge in [0, 0.05) is 19.3 Å². The fourth-order valence-electron chi connectivity index (χ4n) is 1.02. The van der Waals surface area contributed by atoms with Crippen molar-refractivity contribution in [1.82, 2.24) is 0 Å². The molecule has 0 aliphatic heterocycles. The molecule has 0 aliphatic carbocycles. The minimum absolute atomic E-state index is 0.655. The molecule has 0 saturated carbocycles. The van der Waals surface area contributed by atoms with E-state index in [0.717, 1.165) is 12.5 Å². The summed E-state index contributed by atoms with van der Waals surface area (Å²) in [6, 6.07) is 0.884. The molecule has 0 heterocycles. The van der Waals surface area contributed by atoms with Crippen molar-refractivity contribution in [3.05, 3.63) is 0 Å². The first-order valence-electron chi connectivity index (χ1n) is 4.25. The van der Waals surface area contributed by atoms with Crippen LogP contribution < -0.4 is 5.40 Å². The van der Waals surface area contributed by atoms with E-state index in [4.69, 9.17) is 14.3 Å². The molecule has 11 heavy (non-hydrogen) atoms. The van der Waals surface area contributed by atoms with Crippen LogP contribution in [0.3, 0.4) is 0 Å². The predicted octanol–water partition coefficient (Wildman–Crippen LogP) is 1.37. The summed E-state index contributed by atoms with van der Waals surface area (Å²) in [6.45, 7) is 7.30. The lowest BCUT2D eigenvalue weighted by atomic mass is 10.6. The Bertz CT molecular complexity index is 83.4. The van der Waals surface area contributed by atoms with Gasteiger partial charge in [0.25, 0.3) is 0 Å². The van der Waals surface area contributed by atoms with Gasteiger partial charge in [0.2, 0.25) is 0 Å². The largest absolute Gasteiger partial charge is 0.422 e. The summed E-state index contributed by atoms with van der Waals surface area (Å²) in [7, 11) is -2.25. The zero-order chi connectivity index (χ0) is 8.74. The molecule has 0 aliphatic rings. The molecule has 2 N–H and O–H groups in total. The molecule has 3 nitrogen and oxygen atoms in total. The van der Waals surface area contributed by atoms with Crippen molar-refractivity contribution in [2.24, 2.45) is 5.40 Å². The fourth-order valence-corrected chi connectivity index (χ4v) is 3.07. The third kappa shape index (κ3) is 4.52. The topological polar surface area (TPSA) is 44.5 Å². The SMILES string of the molecule is CCC[Si](N)(OCC)OCC. The van der Waals surface area contributed by atoms with E-state index < -0.39 is 8.72 Å². The third-order valence-corrected chi connectivity index (χ3v) is 4.13. The second-order valence-electron chi connectivity index (χ2n) is 2.43. The quantitative estimate of drug-likeness (QED) is 0.623. The highest BCUT2D eigenvalue weighted by Crippen LogP contribution is 2.08. The van der Waals surface area contributed by atoms with Crippen LogP contribution in [0.1, 0.15) is 27.2 Å². The molecular weight excluding hydrogens is 158 g/mol. The van der Waals surface area contributed by atoms with Crippen LogP contribution in [-0.2, 0) is 8.85 Å². The maximum Gasteiger partial charge on any atom is 0.422 e. The fraction of sp³-hybridized carbons (Fsp3) is 1.00. The average molecular weight is 177 g/mol. The molecule has 0 aromatic rings. The molecule has 0 rings (SSSR count). The molecule has 0 aromatic carbocycles. The summed E-state index contributed by atoms with van der Waals surface area (Å²) in [5.74, 6) is 0. The standard InChI is InChI=1S/C7H19NO2Si/c1-4-7-11(8,9-5-2)10-6-3/h4-8H2,1-3H3. The van der Waals surface area contributed by atoms with Crippen molar-refractivity contribution >= 4 is 8.72 Å². The van der Waals surface area contributed by atoms with Gasteiger partial charge in [0.1, 0.15) is 0 Å². The van der Waals surface area contributed by atoms with Crippen molar-refractivity contribution in [2.75, 3.05) is 13.2 Å². The average Bonchev–Trinajstić information content (AvgIpc) is 1.88. The monoisotopic (exact) mass is 177 g/mol. The zero-order valence-electron chi connectivity index (χ0n) is 7.72. The number of hydrogen-bond donors (Lipinski definition) is 1. The van der Waals surface area contributed by atoms with Crippen molar-refractivity contribution in [3.63, 3.8) is 0 Å². The highest BCUT2D eigenvalue weighted by molar-refractivity contribution is 6.63. The van der Waals surface area contributed by atoms with Gasteiger partial charge >= 0.3 is 8.72 Å². The maximum atomic E-state index is 5.92. The van der Waals surface area contributed by atoms with Gasteiger partial charge in [-0.2, -0.15) is 0 Å². The molecular formula is C7H19NO2Si. The van der Waals surface area contributed by atoms with Gasteiger partial charge in [-0.25, -0.2) is 0 Å². The lowest BCUT2D eigenvalue weighted by Crippen LogP contribution is -2.52. The Morgan fingerprint density at radius 2 is 1.55 bits per heavy atom. The Balaban J connectivity index is 3.79. The van der Waals surface area contributed by atoms with Gasteiger partial charge in [-0.05, 0) is 13.8 Å². The number of rotatable bonds is 6. The maximum absolute atomic E-state index is 5.92. The van der Waals surface area contributed by atoms with Crippen LogP contribution in [0.5, 0.6) is 0 Å². The number of nitrogens with two attached hydrogens (primary N) is 1. The zero-order valence-corrected chi connectivity index (χ0v) is 8.72. The van der Waals surface area contributed by atoms with Crippen molar-refractivity contribution in [3.8, 4) is 0 Å². The van der Waals surface area contributed by atoms with E-state index in [0.29, 0.717) is 13.2 Å². The normalized spacial score (nSPS) is 12.0. The first-order valence-corrected chi connectivity index (χ1v) is 6.35. The van der Waals surface area contributed by atoms with Gasteiger partial charge in [-0.15, -0.1) is 0 Å². The van der Waals surface area contributed by atoms with Gasteiger partial charge in [0.05, 0.1) is 0 Å². The van der Waals surface area contributed by atoms with Gasteiger partial charge < -0.3 is 14.3 Å². The van der Waals surface area contributed by atoms with Gasteiger partial charge in [0.15, 0.2) is 0 Å². The summed E-state index contributed by atoms with van der Waals surface area (Å²) in [4.78, 5) is 0. The van der Waals surface area contributed by atoms with Gasteiger partial charge in [-0.1, -0.05) is 13.3 Å². The van der Waals surface area contributed by atoms with E-state index in [1.807, 2.05) is 13.8 Å². The molecule has 68 valence electrons. The molecule has 0 atom stereocenters. The van der Waals surface area contributed by atoms with Crippen LogP contribution in [0.4, 0.5) is 0 Å². The van der Waals surface area contributed by atoms with E-state index in [1.54, 1.807) is 0 Å². The van der Waals surface area contributed by atoms with Crippen LogP contribution in [0.2, 0.25) is 6.04 Å². The van der Waals surface area contributed by atoms with Crippen molar-refractivity contribution in [2.45, 2.75) is 33.2 Å². The van der Waals surface area contributed by atoms with Gasteiger partial charge in [-0.3, -0.25) is 0 Å². The summed E-state index contributed by atoms with van der Waals surface area (Å²) in [5, 5.41) is 5.92. The van der Waals surface area contributed by atoms with Crippen LogP contribution in [-0.4, -0.2) is 21.9 Å². The molecule has 0 aromatic heterocycles. The molecule has 4 heteroatoms. The molecule has 0 spiro atoms. The second kappa shape index (κ2) is 5.71. The van der Waals surface area contributed by atoms with E-state index in [-0.39, 0.29) is 0 Å². The molecule has 0 saturated heterocycles. The Kier molecular flexibility index (Phi) is 5.76. The second-order valence-corrected chi connectivity index (χ2v) is 5.13. The minimum atomic E-state index is -2.25. The smallest absolute Gasteiger partial charge is 0.383 e.